The summed E-state index contributed by atoms with van der Waals surface area (Å²) in [5.74, 6) is -0.240. The summed E-state index contributed by atoms with van der Waals surface area (Å²) in [6.07, 6.45) is 1.49. The normalized spacial score (nSPS) is 16.3. The molecule has 1 aromatic rings. The van der Waals surface area contributed by atoms with Gasteiger partial charge in [0.05, 0.1) is 18.3 Å². The maximum Gasteiger partial charge on any atom is 0.317 e. The van der Waals surface area contributed by atoms with E-state index in [1.165, 1.54) is 6.20 Å². The number of carboxylic acids is 1. The molecule has 7 nitrogen and oxygen atoms in total. The topological polar surface area (TPSA) is 93.4 Å². The molecule has 1 saturated heterocycles. The number of carbonyl (C=O) groups is 1. The number of aliphatic carboxylic acids is 1. The molecule has 2 rings (SSSR count). The third kappa shape index (κ3) is 2.73. The van der Waals surface area contributed by atoms with Gasteiger partial charge in [0.2, 0.25) is 0 Å². The molecule has 0 spiro atoms. The van der Waals surface area contributed by atoms with Gasteiger partial charge in [-0.1, -0.05) is 0 Å². The first-order valence-electron chi connectivity index (χ1n) is 5.61. The zero-order chi connectivity index (χ0) is 13.0. The van der Waals surface area contributed by atoms with Crippen LogP contribution in [-0.2, 0) is 4.79 Å². The molecule has 0 saturated carbocycles. The number of hydrogen-bond donors (Lipinski definition) is 1. The van der Waals surface area contributed by atoms with Crippen molar-refractivity contribution in [3.05, 3.63) is 17.8 Å². The first kappa shape index (κ1) is 12.3. The predicted molar refractivity (Wildman–Crippen MR) is 63.0 cm³/mol. The highest BCUT2D eigenvalue weighted by atomic mass is 16.4. The molecule has 18 heavy (non-hydrogen) atoms. The van der Waals surface area contributed by atoms with Crippen LogP contribution in [0.2, 0.25) is 0 Å². The summed E-state index contributed by atoms with van der Waals surface area (Å²) in [5.41, 5.74) is 0.497. The van der Waals surface area contributed by atoms with E-state index < -0.39 is 5.97 Å². The zero-order valence-corrected chi connectivity index (χ0v) is 9.78. The van der Waals surface area contributed by atoms with Gasteiger partial charge in [0.1, 0.15) is 6.07 Å². The summed E-state index contributed by atoms with van der Waals surface area (Å²) in [7, 11) is 0. The lowest BCUT2D eigenvalue weighted by atomic mass is 10.2. The van der Waals surface area contributed by atoms with Crippen LogP contribution in [0.1, 0.15) is 5.56 Å². The smallest absolute Gasteiger partial charge is 0.317 e. The minimum absolute atomic E-state index is 0.0550. The van der Waals surface area contributed by atoms with Crippen molar-refractivity contribution in [3.8, 4) is 6.07 Å². The Morgan fingerprint density at radius 3 is 2.78 bits per heavy atom. The van der Waals surface area contributed by atoms with Crippen molar-refractivity contribution in [1.82, 2.24) is 15.1 Å². The van der Waals surface area contributed by atoms with E-state index >= 15 is 0 Å². The van der Waals surface area contributed by atoms with Crippen molar-refractivity contribution >= 4 is 11.8 Å². The fraction of sp³-hybridized carbons (Fsp3) is 0.455. The van der Waals surface area contributed by atoms with Crippen LogP contribution in [0.15, 0.2) is 12.3 Å². The maximum atomic E-state index is 10.6. The number of hydrogen-bond acceptors (Lipinski definition) is 6. The molecule has 0 radical (unpaired) electrons. The van der Waals surface area contributed by atoms with E-state index in [0.29, 0.717) is 37.6 Å². The Kier molecular flexibility index (Phi) is 3.69. The van der Waals surface area contributed by atoms with Gasteiger partial charge in [-0.25, -0.2) is 0 Å². The number of aromatic nitrogens is 2. The number of carboxylic acid groups (broad SMARTS) is 1. The first-order valence-corrected chi connectivity index (χ1v) is 5.61. The molecule has 0 bridgehead atoms. The Labute approximate surface area is 104 Å². The fourth-order valence-corrected chi connectivity index (χ4v) is 1.95. The second kappa shape index (κ2) is 5.42. The van der Waals surface area contributed by atoms with Crippen LogP contribution in [0.3, 0.4) is 0 Å². The first-order chi connectivity index (χ1) is 8.70. The number of nitriles is 1. The van der Waals surface area contributed by atoms with Gasteiger partial charge in [-0.2, -0.15) is 10.4 Å². The third-order valence-corrected chi connectivity index (χ3v) is 2.85. The van der Waals surface area contributed by atoms with E-state index in [2.05, 4.69) is 16.3 Å². The van der Waals surface area contributed by atoms with Crippen LogP contribution >= 0.6 is 0 Å². The summed E-state index contributed by atoms with van der Waals surface area (Å²) in [6.45, 7) is 2.65. The monoisotopic (exact) mass is 247 g/mol. The summed E-state index contributed by atoms with van der Waals surface area (Å²) in [4.78, 5) is 14.4. The molecule has 7 heteroatoms. The zero-order valence-electron chi connectivity index (χ0n) is 9.78. The van der Waals surface area contributed by atoms with Crippen molar-refractivity contribution in [3.63, 3.8) is 0 Å². The molecule has 94 valence electrons. The summed E-state index contributed by atoms with van der Waals surface area (Å²) in [5, 5.41) is 25.5. The minimum Gasteiger partial charge on any atom is -0.480 e. The highest BCUT2D eigenvalue weighted by molar-refractivity contribution is 5.69. The largest absolute Gasteiger partial charge is 0.480 e. The van der Waals surface area contributed by atoms with Gasteiger partial charge >= 0.3 is 5.97 Å². The van der Waals surface area contributed by atoms with Crippen molar-refractivity contribution in [1.29, 1.82) is 5.26 Å². The average Bonchev–Trinajstić information content (AvgIpc) is 2.39. The number of anilines is 1. The SMILES string of the molecule is N#Cc1ccnnc1N1CCN(CC(=O)O)CC1. The highest BCUT2D eigenvalue weighted by Crippen LogP contribution is 2.16. The predicted octanol–water partition coefficient (Wildman–Crippen LogP) is -0.445. The number of piperazine rings is 1. The second-order valence-electron chi connectivity index (χ2n) is 4.04. The molecule has 1 aliphatic heterocycles. The maximum absolute atomic E-state index is 10.6. The lowest BCUT2D eigenvalue weighted by Gasteiger charge is -2.34. The van der Waals surface area contributed by atoms with Crippen molar-refractivity contribution in [2.75, 3.05) is 37.6 Å². The molecule has 1 fully saturated rings. The van der Waals surface area contributed by atoms with Crippen LogP contribution in [0, 0.1) is 11.3 Å². The Bertz CT molecular complexity index is 477. The second-order valence-corrected chi connectivity index (χ2v) is 4.04. The van der Waals surface area contributed by atoms with Gasteiger partial charge in [0.25, 0.3) is 0 Å². The van der Waals surface area contributed by atoms with Crippen LogP contribution in [0.5, 0.6) is 0 Å². The van der Waals surface area contributed by atoms with Gasteiger partial charge in [0.15, 0.2) is 5.82 Å². The average molecular weight is 247 g/mol. The molecule has 0 unspecified atom stereocenters. The van der Waals surface area contributed by atoms with Gasteiger partial charge in [0, 0.05) is 26.2 Å². The van der Waals surface area contributed by atoms with E-state index in [-0.39, 0.29) is 6.54 Å². The van der Waals surface area contributed by atoms with Gasteiger partial charge in [-0.3, -0.25) is 9.69 Å². The minimum atomic E-state index is -0.819. The Balaban J connectivity index is 2.01. The lowest BCUT2D eigenvalue weighted by molar-refractivity contribution is -0.138. The van der Waals surface area contributed by atoms with Gasteiger partial charge < -0.3 is 10.0 Å². The van der Waals surface area contributed by atoms with Crippen LogP contribution in [0.4, 0.5) is 5.82 Å². The Morgan fingerprint density at radius 2 is 2.17 bits per heavy atom. The molecular formula is C11H13N5O2. The molecule has 0 amide bonds. The number of rotatable bonds is 3. The molecule has 0 atom stereocenters. The van der Waals surface area contributed by atoms with Crippen molar-refractivity contribution < 1.29 is 9.90 Å². The van der Waals surface area contributed by atoms with E-state index in [4.69, 9.17) is 10.4 Å². The van der Waals surface area contributed by atoms with E-state index in [9.17, 15) is 4.79 Å². The molecule has 1 N–H and O–H groups in total. The fourth-order valence-electron chi connectivity index (χ4n) is 1.95. The van der Waals surface area contributed by atoms with Crippen molar-refractivity contribution in [2.24, 2.45) is 0 Å². The summed E-state index contributed by atoms with van der Waals surface area (Å²) in [6, 6.07) is 3.72. The van der Waals surface area contributed by atoms with Crippen LogP contribution < -0.4 is 4.90 Å². The molecule has 1 aromatic heterocycles. The molecule has 1 aliphatic rings. The van der Waals surface area contributed by atoms with Gasteiger partial charge in [-0.15, -0.1) is 5.10 Å². The van der Waals surface area contributed by atoms with Crippen LogP contribution in [-0.4, -0.2) is 58.9 Å². The van der Waals surface area contributed by atoms with Gasteiger partial charge in [-0.05, 0) is 6.07 Å². The summed E-state index contributed by atoms with van der Waals surface area (Å²) >= 11 is 0. The summed E-state index contributed by atoms with van der Waals surface area (Å²) < 4.78 is 0. The Hall–Kier alpha value is -2.20. The molecule has 0 aromatic carbocycles. The third-order valence-electron chi connectivity index (χ3n) is 2.85. The van der Waals surface area contributed by atoms with Crippen LogP contribution in [0.25, 0.3) is 0 Å². The highest BCUT2D eigenvalue weighted by Gasteiger charge is 2.21. The molecule has 2 heterocycles. The Morgan fingerprint density at radius 1 is 1.44 bits per heavy atom. The molecule has 0 aliphatic carbocycles. The lowest BCUT2D eigenvalue weighted by Crippen LogP contribution is -2.48. The number of nitrogens with zero attached hydrogens (tertiary/aromatic N) is 5. The van der Waals surface area contributed by atoms with E-state index in [1.54, 1.807) is 6.07 Å². The van der Waals surface area contributed by atoms with Crippen molar-refractivity contribution in [2.45, 2.75) is 0 Å². The van der Waals surface area contributed by atoms with E-state index in [0.717, 1.165) is 0 Å². The van der Waals surface area contributed by atoms with E-state index in [1.807, 2.05) is 9.80 Å². The molecular weight excluding hydrogens is 234 g/mol. The standard InChI is InChI=1S/C11H13N5O2/c12-7-9-1-2-13-14-11(9)16-5-3-15(4-6-16)8-10(17)18/h1-2H,3-6,8H2,(H,17,18). The quantitative estimate of drug-likeness (QED) is 0.773.